The van der Waals surface area contributed by atoms with Crippen LogP contribution in [0.5, 0.6) is 5.75 Å². The lowest BCUT2D eigenvalue weighted by Gasteiger charge is -2.40. The lowest BCUT2D eigenvalue weighted by atomic mass is 9.84. The first-order valence-corrected chi connectivity index (χ1v) is 12.1. The number of aldehydes is 1. The SMILES string of the molecule is COc1cccc(C(=O)NC(C(=O)N2C3CCC(C3)C2C(=O)NC(C=O)CC(=O)O)C(C)(C)C)c1C. The predicted molar refractivity (Wildman–Crippen MR) is 130 cm³/mol. The van der Waals surface area contributed by atoms with Crippen molar-refractivity contribution in [3.05, 3.63) is 29.3 Å². The molecule has 3 rings (SSSR count). The summed E-state index contributed by atoms with van der Waals surface area (Å²) in [7, 11) is 1.52. The number of carbonyl (C=O) groups excluding carboxylic acids is 4. The Morgan fingerprint density at radius 3 is 2.47 bits per heavy atom. The minimum Gasteiger partial charge on any atom is -0.496 e. The molecule has 2 aliphatic rings. The molecule has 1 saturated carbocycles. The number of fused-ring (bicyclic) bond motifs is 2. The number of carboxylic acids is 1. The molecule has 0 radical (unpaired) electrons. The fraction of sp³-hybridized carbons (Fsp3) is 0.577. The summed E-state index contributed by atoms with van der Waals surface area (Å²) in [6.07, 6.45) is 2.00. The first-order valence-electron chi connectivity index (χ1n) is 12.1. The Hall–Kier alpha value is -3.43. The van der Waals surface area contributed by atoms with Crippen LogP contribution in [-0.4, -0.2) is 71.3 Å². The smallest absolute Gasteiger partial charge is 0.305 e. The highest BCUT2D eigenvalue weighted by Crippen LogP contribution is 2.43. The van der Waals surface area contributed by atoms with Crippen LogP contribution >= 0.6 is 0 Å². The largest absolute Gasteiger partial charge is 0.496 e. The maximum atomic E-state index is 13.9. The molecule has 3 amide bonds. The van der Waals surface area contributed by atoms with Gasteiger partial charge in [0.2, 0.25) is 11.8 Å². The molecule has 0 spiro atoms. The molecule has 5 atom stereocenters. The van der Waals surface area contributed by atoms with Crippen molar-refractivity contribution < 1.29 is 33.8 Å². The average Bonchev–Trinajstić information content (AvgIpc) is 3.42. The summed E-state index contributed by atoms with van der Waals surface area (Å²) in [6, 6.07) is 2.02. The molecule has 1 aliphatic carbocycles. The minimum absolute atomic E-state index is 0.0898. The number of ether oxygens (including phenoxy) is 1. The van der Waals surface area contributed by atoms with Crippen molar-refractivity contribution in [1.82, 2.24) is 15.5 Å². The van der Waals surface area contributed by atoms with Crippen molar-refractivity contribution in [1.29, 1.82) is 0 Å². The van der Waals surface area contributed by atoms with Crippen molar-refractivity contribution >= 4 is 30.0 Å². The number of rotatable bonds is 9. The maximum Gasteiger partial charge on any atom is 0.305 e. The van der Waals surface area contributed by atoms with Crippen molar-refractivity contribution in [2.45, 2.75) is 77.5 Å². The van der Waals surface area contributed by atoms with Gasteiger partial charge in [0, 0.05) is 17.2 Å². The number of piperidine rings is 1. The average molecular weight is 502 g/mol. The zero-order valence-electron chi connectivity index (χ0n) is 21.4. The second-order valence-corrected chi connectivity index (χ2v) is 10.7. The number of nitrogens with zero attached hydrogens (tertiary/aromatic N) is 1. The third kappa shape index (κ3) is 5.52. The van der Waals surface area contributed by atoms with E-state index in [0.717, 1.165) is 12.8 Å². The normalized spacial score (nSPS) is 22.5. The summed E-state index contributed by atoms with van der Waals surface area (Å²) < 4.78 is 5.31. The van der Waals surface area contributed by atoms with Gasteiger partial charge in [-0.25, -0.2) is 0 Å². The Kier molecular flexibility index (Phi) is 8.05. The van der Waals surface area contributed by atoms with Crippen molar-refractivity contribution in [2.75, 3.05) is 7.11 Å². The molecule has 10 heteroatoms. The minimum atomic E-state index is -1.21. The van der Waals surface area contributed by atoms with Gasteiger partial charge in [0.05, 0.1) is 19.6 Å². The van der Waals surface area contributed by atoms with E-state index in [1.54, 1.807) is 30.0 Å². The molecule has 0 aromatic heterocycles. The zero-order valence-corrected chi connectivity index (χ0v) is 21.4. The summed E-state index contributed by atoms with van der Waals surface area (Å²) in [4.78, 5) is 64.3. The molecule has 2 bridgehead atoms. The number of methoxy groups -OCH3 is 1. The molecule has 1 heterocycles. The van der Waals surface area contributed by atoms with E-state index in [9.17, 15) is 24.0 Å². The highest BCUT2D eigenvalue weighted by atomic mass is 16.5. The fourth-order valence-electron chi connectivity index (χ4n) is 5.32. The quantitative estimate of drug-likeness (QED) is 0.437. The van der Waals surface area contributed by atoms with E-state index >= 15 is 0 Å². The standard InChI is InChI=1S/C26H35N3O7/c1-14-18(7-6-8-19(14)36-5)23(33)28-22(26(2,3)4)25(35)29-17-10-9-15(11-17)21(29)24(34)27-16(13-30)12-20(31)32/h6-8,13,15-17,21-22H,9-12H2,1-5H3,(H,27,34)(H,28,33)(H,31,32). The Morgan fingerprint density at radius 1 is 1.19 bits per heavy atom. The third-order valence-electron chi connectivity index (χ3n) is 7.13. The number of carbonyl (C=O) groups is 5. The van der Waals surface area contributed by atoms with Gasteiger partial charge < -0.3 is 30.2 Å². The van der Waals surface area contributed by atoms with Crippen LogP contribution in [0.4, 0.5) is 0 Å². The highest BCUT2D eigenvalue weighted by molar-refractivity contribution is 6.00. The molecule has 3 N–H and O–H groups in total. The zero-order chi connectivity index (χ0) is 26.8. The van der Waals surface area contributed by atoms with Crippen LogP contribution < -0.4 is 15.4 Å². The van der Waals surface area contributed by atoms with Gasteiger partial charge in [-0.05, 0) is 49.7 Å². The van der Waals surface area contributed by atoms with Crippen LogP contribution in [0.1, 0.15) is 62.4 Å². The summed E-state index contributed by atoms with van der Waals surface area (Å²) in [5.74, 6) is -2.08. The lowest BCUT2D eigenvalue weighted by molar-refractivity contribution is -0.147. The van der Waals surface area contributed by atoms with Crippen LogP contribution in [0.2, 0.25) is 0 Å². The van der Waals surface area contributed by atoms with Gasteiger partial charge in [-0.3, -0.25) is 19.2 Å². The van der Waals surface area contributed by atoms with Crippen LogP contribution in [-0.2, 0) is 19.2 Å². The molecule has 5 unspecified atom stereocenters. The van der Waals surface area contributed by atoms with Gasteiger partial charge in [-0.1, -0.05) is 26.8 Å². The molecule has 1 aliphatic heterocycles. The first-order chi connectivity index (χ1) is 16.9. The van der Waals surface area contributed by atoms with Crippen LogP contribution in [0.25, 0.3) is 0 Å². The molecule has 1 aromatic rings. The molecule has 2 fully saturated rings. The Bertz CT molecular complexity index is 1050. The Balaban J connectivity index is 1.86. The summed E-state index contributed by atoms with van der Waals surface area (Å²) in [6.45, 7) is 7.29. The topological polar surface area (TPSA) is 142 Å². The molecule has 36 heavy (non-hydrogen) atoms. The van der Waals surface area contributed by atoms with Gasteiger partial charge in [0.1, 0.15) is 24.1 Å². The molecule has 1 saturated heterocycles. The molecule has 196 valence electrons. The van der Waals surface area contributed by atoms with E-state index in [2.05, 4.69) is 10.6 Å². The summed E-state index contributed by atoms with van der Waals surface area (Å²) >= 11 is 0. The summed E-state index contributed by atoms with van der Waals surface area (Å²) in [5, 5.41) is 14.4. The van der Waals surface area contributed by atoms with Crippen molar-refractivity contribution in [2.24, 2.45) is 11.3 Å². The van der Waals surface area contributed by atoms with E-state index in [0.29, 0.717) is 29.6 Å². The van der Waals surface area contributed by atoms with Crippen molar-refractivity contribution in [3.8, 4) is 5.75 Å². The molecule has 10 nitrogen and oxygen atoms in total. The predicted octanol–water partition coefficient (Wildman–Crippen LogP) is 1.69. The van der Waals surface area contributed by atoms with Crippen LogP contribution in [0.3, 0.4) is 0 Å². The number of aliphatic carboxylic acids is 1. The number of nitrogens with one attached hydrogen (secondary N) is 2. The van der Waals surface area contributed by atoms with E-state index in [1.165, 1.54) is 7.11 Å². The van der Waals surface area contributed by atoms with Crippen LogP contribution in [0.15, 0.2) is 18.2 Å². The number of carboxylic acid groups (broad SMARTS) is 1. The monoisotopic (exact) mass is 501 g/mol. The third-order valence-corrected chi connectivity index (χ3v) is 7.13. The Labute approximate surface area is 210 Å². The second kappa shape index (κ2) is 10.7. The molecular weight excluding hydrogens is 466 g/mol. The van der Waals surface area contributed by atoms with Gasteiger partial charge >= 0.3 is 5.97 Å². The van der Waals surface area contributed by atoms with Gasteiger partial charge in [0.15, 0.2) is 0 Å². The summed E-state index contributed by atoms with van der Waals surface area (Å²) in [5.41, 5.74) is 0.362. The van der Waals surface area contributed by atoms with E-state index in [1.807, 2.05) is 20.8 Å². The van der Waals surface area contributed by atoms with E-state index in [4.69, 9.17) is 9.84 Å². The van der Waals surface area contributed by atoms with Gasteiger partial charge in [-0.2, -0.15) is 0 Å². The second-order valence-electron chi connectivity index (χ2n) is 10.7. The lowest BCUT2D eigenvalue weighted by Crippen LogP contribution is -2.61. The van der Waals surface area contributed by atoms with Crippen LogP contribution in [0, 0.1) is 18.3 Å². The first kappa shape index (κ1) is 27.2. The Morgan fingerprint density at radius 2 is 1.89 bits per heavy atom. The maximum absolute atomic E-state index is 13.9. The van der Waals surface area contributed by atoms with E-state index < -0.39 is 47.7 Å². The highest BCUT2D eigenvalue weighted by Gasteiger charge is 2.53. The fourth-order valence-corrected chi connectivity index (χ4v) is 5.32. The number of benzene rings is 1. The number of amides is 3. The number of likely N-dealkylation sites (tertiary alicyclic amines) is 1. The van der Waals surface area contributed by atoms with Crippen molar-refractivity contribution in [3.63, 3.8) is 0 Å². The number of hydrogen-bond donors (Lipinski definition) is 3. The van der Waals surface area contributed by atoms with Gasteiger partial charge in [0.25, 0.3) is 5.91 Å². The molecule has 1 aromatic carbocycles. The molecular formula is C26H35N3O7. The van der Waals surface area contributed by atoms with E-state index in [-0.39, 0.29) is 17.9 Å². The number of hydrogen-bond acceptors (Lipinski definition) is 6. The van der Waals surface area contributed by atoms with Gasteiger partial charge in [-0.15, -0.1) is 0 Å².